The lowest BCUT2D eigenvalue weighted by Crippen LogP contribution is -2.18. The van der Waals surface area contributed by atoms with Crippen molar-refractivity contribution < 1.29 is 4.74 Å². The van der Waals surface area contributed by atoms with Crippen molar-refractivity contribution in [2.24, 2.45) is 0 Å². The third-order valence-electron chi connectivity index (χ3n) is 2.71. The Morgan fingerprint density at radius 2 is 2.00 bits per heavy atom. The number of nitrogen functional groups attached to an aromatic ring is 1. The predicted molar refractivity (Wildman–Crippen MR) is 75.0 cm³/mol. The first-order chi connectivity index (χ1) is 8.62. The minimum absolute atomic E-state index is 0.325. The van der Waals surface area contributed by atoms with Gasteiger partial charge in [0.15, 0.2) is 5.82 Å². The Labute approximate surface area is 109 Å². The maximum Gasteiger partial charge on any atom is 0.242 e. The normalized spacial score (nSPS) is 12.2. The van der Waals surface area contributed by atoms with Crippen molar-refractivity contribution in [2.45, 2.75) is 53.0 Å². The highest BCUT2D eigenvalue weighted by atomic mass is 16.5. The smallest absolute Gasteiger partial charge is 0.242 e. The van der Waals surface area contributed by atoms with Gasteiger partial charge >= 0.3 is 0 Å². The first-order valence-electron chi connectivity index (χ1n) is 6.68. The van der Waals surface area contributed by atoms with Crippen LogP contribution in [0.3, 0.4) is 0 Å². The van der Waals surface area contributed by atoms with Crippen molar-refractivity contribution in [3.05, 3.63) is 5.82 Å². The fourth-order valence-electron chi connectivity index (χ4n) is 1.52. The van der Waals surface area contributed by atoms with Crippen molar-refractivity contribution >= 4 is 11.5 Å². The van der Waals surface area contributed by atoms with E-state index in [4.69, 9.17) is 10.5 Å². The molecular formula is C13H24N4O. The first kappa shape index (κ1) is 14.5. The molecule has 0 fully saturated rings. The average Bonchev–Trinajstić information content (AvgIpc) is 2.35. The van der Waals surface area contributed by atoms with E-state index in [1.165, 1.54) is 0 Å². The molecule has 0 aromatic carbocycles. The van der Waals surface area contributed by atoms with Crippen molar-refractivity contribution in [3.63, 3.8) is 0 Å². The van der Waals surface area contributed by atoms with Crippen LogP contribution in [-0.4, -0.2) is 22.6 Å². The summed E-state index contributed by atoms with van der Waals surface area (Å²) in [5.41, 5.74) is 6.52. The maximum absolute atomic E-state index is 6.02. The molecule has 0 aliphatic rings. The third kappa shape index (κ3) is 3.75. The Morgan fingerprint density at radius 1 is 1.28 bits per heavy atom. The Hall–Kier alpha value is -1.52. The number of rotatable bonds is 7. The van der Waals surface area contributed by atoms with E-state index < -0.39 is 0 Å². The summed E-state index contributed by atoms with van der Waals surface area (Å²) in [6, 6.07) is 0.325. The summed E-state index contributed by atoms with van der Waals surface area (Å²) < 4.78 is 5.46. The summed E-state index contributed by atoms with van der Waals surface area (Å²) in [5, 5.41) is 3.30. The molecule has 1 atom stereocenters. The highest BCUT2D eigenvalue weighted by Crippen LogP contribution is 2.27. The zero-order valence-electron chi connectivity index (χ0n) is 11.8. The molecular weight excluding hydrogens is 228 g/mol. The van der Waals surface area contributed by atoms with Crippen LogP contribution in [0.25, 0.3) is 0 Å². The molecule has 0 saturated carbocycles. The number of nitrogens with zero attached hydrogens (tertiary/aromatic N) is 2. The molecule has 1 heterocycles. The zero-order chi connectivity index (χ0) is 13.5. The molecule has 1 rings (SSSR count). The second kappa shape index (κ2) is 7.03. The van der Waals surface area contributed by atoms with Gasteiger partial charge in [-0.25, -0.2) is 4.98 Å². The molecule has 1 unspecified atom stereocenters. The number of anilines is 2. The number of nitrogens with two attached hydrogens (primary N) is 1. The topological polar surface area (TPSA) is 73.1 Å². The molecule has 18 heavy (non-hydrogen) atoms. The molecule has 5 heteroatoms. The van der Waals surface area contributed by atoms with E-state index in [1.54, 1.807) is 0 Å². The largest absolute Gasteiger partial charge is 0.476 e. The standard InChI is InChI=1S/C13H24N4O/c1-5-8-10-16-12(15-9(4)6-2)11(14)13(17-10)18-7-3/h9H,5-8,14H2,1-4H3,(H,15,16,17). The van der Waals surface area contributed by atoms with Crippen LogP contribution >= 0.6 is 0 Å². The Balaban J connectivity index is 3.05. The van der Waals surface area contributed by atoms with E-state index in [0.29, 0.717) is 30.0 Å². The highest BCUT2D eigenvalue weighted by Gasteiger charge is 2.13. The van der Waals surface area contributed by atoms with Gasteiger partial charge < -0.3 is 15.8 Å². The summed E-state index contributed by atoms with van der Waals surface area (Å²) in [6.07, 6.45) is 2.84. The van der Waals surface area contributed by atoms with Gasteiger partial charge in [0.1, 0.15) is 11.5 Å². The van der Waals surface area contributed by atoms with Crippen LogP contribution in [0.1, 0.15) is 46.4 Å². The lowest BCUT2D eigenvalue weighted by atomic mass is 10.2. The Morgan fingerprint density at radius 3 is 2.56 bits per heavy atom. The van der Waals surface area contributed by atoms with Crippen LogP contribution in [0.4, 0.5) is 11.5 Å². The summed E-state index contributed by atoms with van der Waals surface area (Å²) in [4.78, 5) is 8.81. The summed E-state index contributed by atoms with van der Waals surface area (Å²) in [7, 11) is 0. The summed E-state index contributed by atoms with van der Waals surface area (Å²) in [5.74, 6) is 1.95. The second-order valence-electron chi connectivity index (χ2n) is 4.34. The summed E-state index contributed by atoms with van der Waals surface area (Å²) in [6.45, 7) is 8.78. The molecule has 1 aromatic rings. The van der Waals surface area contributed by atoms with E-state index in [9.17, 15) is 0 Å². The molecule has 5 nitrogen and oxygen atoms in total. The van der Waals surface area contributed by atoms with Gasteiger partial charge in [0.2, 0.25) is 5.88 Å². The monoisotopic (exact) mass is 252 g/mol. The lowest BCUT2D eigenvalue weighted by Gasteiger charge is -2.16. The Kier molecular flexibility index (Phi) is 5.68. The van der Waals surface area contributed by atoms with Crippen LogP contribution in [0, 0.1) is 0 Å². The number of nitrogens with one attached hydrogen (secondary N) is 1. The molecule has 0 bridgehead atoms. The average molecular weight is 252 g/mol. The van der Waals surface area contributed by atoms with E-state index in [1.807, 2.05) is 6.92 Å². The number of hydrogen-bond donors (Lipinski definition) is 2. The molecule has 0 aliphatic carbocycles. The van der Waals surface area contributed by atoms with E-state index in [-0.39, 0.29) is 0 Å². The van der Waals surface area contributed by atoms with Gasteiger partial charge in [-0.05, 0) is 26.7 Å². The van der Waals surface area contributed by atoms with Crippen molar-refractivity contribution in [3.8, 4) is 5.88 Å². The maximum atomic E-state index is 6.02. The predicted octanol–water partition coefficient (Wildman–Crippen LogP) is 2.62. The number of hydrogen-bond acceptors (Lipinski definition) is 5. The molecule has 1 aromatic heterocycles. The van der Waals surface area contributed by atoms with E-state index in [2.05, 4.69) is 36.1 Å². The van der Waals surface area contributed by atoms with Crippen LogP contribution < -0.4 is 15.8 Å². The summed E-state index contributed by atoms with van der Waals surface area (Å²) >= 11 is 0. The van der Waals surface area contributed by atoms with E-state index >= 15 is 0 Å². The lowest BCUT2D eigenvalue weighted by molar-refractivity contribution is 0.327. The fourth-order valence-corrected chi connectivity index (χ4v) is 1.52. The number of ether oxygens (including phenoxy) is 1. The minimum Gasteiger partial charge on any atom is -0.476 e. The fraction of sp³-hybridized carbons (Fsp3) is 0.692. The Bertz CT molecular complexity index is 381. The van der Waals surface area contributed by atoms with Crippen molar-refractivity contribution in [1.82, 2.24) is 9.97 Å². The van der Waals surface area contributed by atoms with Crippen molar-refractivity contribution in [2.75, 3.05) is 17.7 Å². The third-order valence-corrected chi connectivity index (χ3v) is 2.71. The first-order valence-corrected chi connectivity index (χ1v) is 6.68. The number of aryl methyl sites for hydroxylation is 1. The molecule has 3 N–H and O–H groups in total. The van der Waals surface area contributed by atoms with Gasteiger partial charge in [0.05, 0.1) is 6.61 Å². The molecule has 0 aliphatic heterocycles. The van der Waals surface area contributed by atoms with Gasteiger partial charge in [-0.1, -0.05) is 13.8 Å². The van der Waals surface area contributed by atoms with Crippen LogP contribution in [0.5, 0.6) is 5.88 Å². The molecule has 0 amide bonds. The SMILES string of the molecule is CCCc1nc(NC(C)CC)c(N)c(OCC)n1. The highest BCUT2D eigenvalue weighted by molar-refractivity contribution is 5.67. The van der Waals surface area contributed by atoms with Gasteiger partial charge in [-0.3, -0.25) is 0 Å². The van der Waals surface area contributed by atoms with Gasteiger partial charge in [0, 0.05) is 12.5 Å². The van der Waals surface area contributed by atoms with Gasteiger partial charge in [-0.15, -0.1) is 0 Å². The van der Waals surface area contributed by atoms with Crippen LogP contribution in [0.2, 0.25) is 0 Å². The number of aromatic nitrogens is 2. The quantitative estimate of drug-likeness (QED) is 0.780. The van der Waals surface area contributed by atoms with Crippen LogP contribution in [-0.2, 0) is 6.42 Å². The van der Waals surface area contributed by atoms with Crippen LogP contribution in [0.15, 0.2) is 0 Å². The minimum atomic E-state index is 0.325. The molecule has 0 spiro atoms. The zero-order valence-corrected chi connectivity index (χ0v) is 11.8. The van der Waals surface area contributed by atoms with E-state index in [0.717, 1.165) is 25.1 Å². The molecule has 0 radical (unpaired) electrons. The van der Waals surface area contributed by atoms with Gasteiger partial charge in [-0.2, -0.15) is 4.98 Å². The van der Waals surface area contributed by atoms with Crippen molar-refractivity contribution in [1.29, 1.82) is 0 Å². The second-order valence-corrected chi connectivity index (χ2v) is 4.34. The molecule has 0 saturated heterocycles. The molecule has 102 valence electrons. The van der Waals surface area contributed by atoms with Gasteiger partial charge in [0.25, 0.3) is 0 Å².